The highest BCUT2D eigenvalue weighted by molar-refractivity contribution is 7.80. The second kappa shape index (κ2) is 10.3. The third-order valence-electron chi connectivity index (χ3n) is 7.02. The molecule has 3 aromatic rings. The number of nitrogen functional groups attached to an aromatic ring is 1. The fourth-order valence-corrected chi connectivity index (χ4v) is 5.84. The maximum absolute atomic E-state index is 13.4. The van der Waals surface area contributed by atoms with Crippen LogP contribution >= 0.6 is 0 Å². The summed E-state index contributed by atoms with van der Waals surface area (Å²) in [5.74, 6) is -0.564. The second-order valence-electron chi connectivity index (χ2n) is 9.26. The van der Waals surface area contributed by atoms with Crippen molar-refractivity contribution in [2.75, 3.05) is 34.6 Å². The van der Waals surface area contributed by atoms with E-state index in [0.717, 1.165) is 46.8 Å². The molecule has 2 aromatic heterocycles. The van der Waals surface area contributed by atoms with Crippen molar-refractivity contribution in [2.45, 2.75) is 37.8 Å². The van der Waals surface area contributed by atoms with Crippen molar-refractivity contribution in [3.05, 3.63) is 54.4 Å². The van der Waals surface area contributed by atoms with Gasteiger partial charge in [0, 0.05) is 48.9 Å². The van der Waals surface area contributed by atoms with Gasteiger partial charge in [-0.2, -0.15) is 0 Å². The van der Waals surface area contributed by atoms with Gasteiger partial charge in [-0.3, -0.25) is 13.3 Å². The zero-order valence-corrected chi connectivity index (χ0v) is 20.8. The first kappa shape index (κ1) is 24.9. The van der Waals surface area contributed by atoms with Crippen LogP contribution in [0.1, 0.15) is 24.8 Å². The predicted octanol–water partition coefficient (Wildman–Crippen LogP) is 1.71. The SMILES string of the molecule is Nc1nccc2cc(C[C@H](C(=O)O)N3CC[C@H](N(c4ccc(N5CCCC5)nc4)S(=O)[O-])C3=O)ccc12. The number of carbonyl (C=O) groups is 2. The Kier molecular flexibility index (Phi) is 6.94. The lowest BCUT2D eigenvalue weighted by Gasteiger charge is -2.32. The molecule has 0 aliphatic carbocycles. The van der Waals surface area contributed by atoms with E-state index in [-0.39, 0.29) is 25.1 Å². The summed E-state index contributed by atoms with van der Waals surface area (Å²) in [6, 6.07) is 8.35. The van der Waals surface area contributed by atoms with Crippen LogP contribution in [0.4, 0.5) is 17.3 Å². The Morgan fingerprint density at radius 3 is 2.65 bits per heavy atom. The molecule has 12 heteroatoms. The summed E-state index contributed by atoms with van der Waals surface area (Å²) in [5.41, 5.74) is 6.89. The molecule has 0 spiro atoms. The molecular formula is C25H27N6O5S-. The number of likely N-dealkylation sites (tertiary alicyclic amines) is 1. The highest BCUT2D eigenvalue weighted by Gasteiger charge is 2.42. The minimum absolute atomic E-state index is 0.0680. The number of carboxylic acid groups (broad SMARTS) is 1. The van der Waals surface area contributed by atoms with Crippen molar-refractivity contribution < 1.29 is 23.5 Å². The molecule has 3 atom stereocenters. The summed E-state index contributed by atoms with van der Waals surface area (Å²) in [6.45, 7) is 1.92. The van der Waals surface area contributed by atoms with Crippen LogP contribution in [0.15, 0.2) is 48.8 Å². The molecule has 37 heavy (non-hydrogen) atoms. The Morgan fingerprint density at radius 1 is 1.19 bits per heavy atom. The van der Waals surface area contributed by atoms with Crippen LogP contribution in [0, 0.1) is 0 Å². The van der Waals surface area contributed by atoms with E-state index in [2.05, 4.69) is 14.9 Å². The summed E-state index contributed by atoms with van der Waals surface area (Å²) >= 11 is -2.75. The Labute approximate surface area is 216 Å². The predicted molar refractivity (Wildman–Crippen MR) is 138 cm³/mol. The first-order chi connectivity index (χ1) is 17.8. The summed E-state index contributed by atoms with van der Waals surface area (Å²) < 4.78 is 25.4. The topological polar surface area (TPSA) is 156 Å². The van der Waals surface area contributed by atoms with E-state index < -0.39 is 35.2 Å². The minimum atomic E-state index is -2.75. The summed E-state index contributed by atoms with van der Waals surface area (Å²) in [6.07, 6.45) is 5.44. The van der Waals surface area contributed by atoms with E-state index in [4.69, 9.17) is 5.73 Å². The monoisotopic (exact) mass is 523 g/mol. The zero-order valence-electron chi connectivity index (χ0n) is 20.0. The largest absolute Gasteiger partial charge is 0.755 e. The number of amides is 1. The number of benzene rings is 1. The molecule has 5 rings (SSSR count). The molecule has 0 radical (unpaired) electrons. The van der Waals surface area contributed by atoms with Gasteiger partial charge in [-0.05, 0) is 48.4 Å². The number of carbonyl (C=O) groups excluding carboxylic acids is 1. The number of hydrogen-bond donors (Lipinski definition) is 2. The van der Waals surface area contributed by atoms with Crippen molar-refractivity contribution in [1.82, 2.24) is 14.9 Å². The number of anilines is 3. The van der Waals surface area contributed by atoms with Gasteiger partial charge in [0.2, 0.25) is 5.91 Å². The van der Waals surface area contributed by atoms with E-state index >= 15 is 0 Å². The van der Waals surface area contributed by atoms with Crippen LogP contribution in [-0.4, -0.2) is 72.3 Å². The number of carboxylic acids is 1. The highest BCUT2D eigenvalue weighted by Crippen LogP contribution is 2.29. The van der Waals surface area contributed by atoms with Crippen LogP contribution in [0.25, 0.3) is 10.8 Å². The molecule has 3 N–H and O–H groups in total. The van der Waals surface area contributed by atoms with E-state index in [1.165, 1.54) is 11.1 Å². The van der Waals surface area contributed by atoms with Gasteiger partial charge in [0.1, 0.15) is 23.7 Å². The average molecular weight is 524 g/mol. The molecule has 0 saturated carbocycles. The van der Waals surface area contributed by atoms with Crippen LogP contribution in [-0.2, 0) is 27.3 Å². The fourth-order valence-electron chi connectivity index (χ4n) is 5.16. The Bertz CT molecular complexity index is 1350. The van der Waals surface area contributed by atoms with Crippen LogP contribution < -0.4 is 14.9 Å². The van der Waals surface area contributed by atoms with E-state index in [1.807, 2.05) is 6.07 Å². The molecular weight excluding hydrogens is 496 g/mol. The van der Waals surface area contributed by atoms with Gasteiger partial charge in [-0.25, -0.2) is 14.8 Å². The average Bonchev–Trinajstić information content (AvgIpc) is 3.54. The van der Waals surface area contributed by atoms with Crippen molar-refractivity contribution in [3.63, 3.8) is 0 Å². The molecule has 0 bridgehead atoms. The van der Waals surface area contributed by atoms with Gasteiger partial charge in [0.15, 0.2) is 0 Å². The molecule has 1 aromatic carbocycles. The Hall–Kier alpha value is -3.77. The number of rotatable bonds is 8. The van der Waals surface area contributed by atoms with Crippen molar-refractivity contribution in [1.29, 1.82) is 0 Å². The second-order valence-corrected chi connectivity index (χ2v) is 10.1. The molecule has 4 heterocycles. The van der Waals surface area contributed by atoms with Gasteiger partial charge in [0.25, 0.3) is 0 Å². The molecule has 194 valence electrons. The Balaban J connectivity index is 1.36. The number of aliphatic carboxylic acids is 1. The number of hydrogen-bond acceptors (Lipinski definition) is 8. The van der Waals surface area contributed by atoms with Crippen molar-refractivity contribution in [2.24, 2.45) is 0 Å². The van der Waals surface area contributed by atoms with Crippen molar-refractivity contribution in [3.8, 4) is 0 Å². The van der Waals surface area contributed by atoms with Gasteiger partial charge in [-0.1, -0.05) is 18.2 Å². The van der Waals surface area contributed by atoms with Gasteiger partial charge < -0.3 is 25.2 Å². The van der Waals surface area contributed by atoms with Crippen LogP contribution in [0.5, 0.6) is 0 Å². The number of pyridine rings is 2. The lowest BCUT2D eigenvalue weighted by atomic mass is 10.0. The zero-order chi connectivity index (χ0) is 26.1. The molecule has 1 unspecified atom stereocenters. The molecule has 11 nitrogen and oxygen atoms in total. The first-order valence-corrected chi connectivity index (χ1v) is 13.1. The molecule has 2 fully saturated rings. The lowest BCUT2D eigenvalue weighted by Crippen LogP contribution is -2.48. The third kappa shape index (κ3) is 4.94. The lowest BCUT2D eigenvalue weighted by molar-refractivity contribution is -0.148. The van der Waals surface area contributed by atoms with Gasteiger partial charge in [0.05, 0.1) is 11.9 Å². The first-order valence-electron chi connectivity index (χ1n) is 12.1. The molecule has 2 aliphatic rings. The molecule has 1 amide bonds. The summed E-state index contributed by atoms with van der Waals surface area (Å²) in [5, 5.41) is 11.6. The van der Waals surface area contributed by atoms with E-state index in [1.54, 1.807) is 36.5 Å². The van der Waals surface area contributed by atoms with Gasteiger partial charge >= 0.3 is 5.97 Å². The maximum atomic E-state index is 13.4. The summed E-state index contributed by atoms with van der Waals surface area (Å²) in [4.78, 5) is 37.5. The van der Waals surface area contributed by atoms with Crippen LogP contribution in [0.3, 0.4) is 0 Å². The number of nitrogens with zero attached hydrogens (tertiary/aromatic N) is 5. The minimum Gasteiger partial charge on any atom is -0.755 e. The maximum Gasteiger partial charge on any atom is 0.326 e. The van der Waals surface area contributed by atoms with E-state index in [9.17, 15) is 23.5 Å². The number of aromatic nitrogens is 2. The number of fused-ring (bicyclic) bond motifs is 1. The standard InChI is InChI=1S/C25H28N6O5S/c26-23-19-5-3-16(13-17(19)7-9-27-23)14-21(25(33)34)30-12-8-20(24(30)32)31(37(35)36)18-4-6-22(28-15-18)29-10-1-2-11-29/h3-7,9,13,15,20-21H,1-2,8,10-12,14H2,(H2,26,27)(H,33,34)(H,35,36)/p-1/t20-,21+/m0/s1. The summed E-state index contributed by atoms with van der Waals surface area (Å²) in [7, 11) is 0. The third-order valence-corrected chi connectivity index (χ3v) is 7.81. The van der Waals surface area contributed by atoms with Gasteiger partial charge in [-0.15, -0.1) is 0 Å². The molecule has 2 aliphatic heterocycles. The number of nitrogens with two attached hydrogens (primary N) is 1. The Morgan fingerprint density at radius 2 is 1.97 bits per heavy atom. The van der Waals surface area contributed by atoms with E-state index in [0.29, 0.717) is 11.4 Å². The normalized spacial score (nSPS) is 19.4. The van der Waals surface area contributed by atoms with Crippen molar-refractivity contribution >= 4 is 51.2 Å². The fraction of sp³-hybridized carbons (Fsp3) is 0.360. The smallest absolute Gasteiger partial charge is 0.326 e. The highest BCUT2D eigenvalue weighted by atomic mass is 32.2. The quantitative estimate of drug-likeness (QED) is 0.420. The van der Waals surface area contributed by atoms with Crippen LogP contribution in [0.2, 0.25) is 0 Å². The molecule has 2 saturated heterocycles.